The lowest BCUT2D eigenvalue weighted by Crippen LogP contribution is -2.05. The third-order valence-corrected chi connectivity index (χ3v) is 2.03. The van der Waals surface area contributed by atoms with Crippen molar-refractivity contribution >= 4 is 18.5 Å². The Morgan fingerprint density at radius 3 is 2.36 bits per heavy atom. The van der Waals surface area contributed by atoms with Crippen LogP contribution in [0.15, 0.2) is 18.2 Å². The zero-order valence-electron chi connectivity index (χ0n) is 6.83. The maximum atomic E-state index is 4.40. The van der Waals surface area contributed by atoms with Crippen molar-refractivity contribution in [2.75, 3.05) is 0 Å². The number of hydrogen-bond acceptors (Lipinski definition) is 1. The highest BCUT2D eigenvalue weighted by atomic mass is 31.1. The van der Waals surface area contributed by atoms with Crippen LogP contribution in [0.4, 0.5) is 0 Å². The molecule has 0 radical (unpaired) electrons. The first-order chi connectivity index (χ1) is 5.00. The second kappa shape index (κ2) is 3.17. The van der Waals surface area contributed by atoms with Crippen molar-refractivity contribution in [3.8, 4) is 0 Å². The van der Waals surface area contributed by atoms with E-state index in [9.17, 15) is 0 Å². The molecule has 0 aliphatic rings. The van der Waals surface area contributed by atoms with E-state index in [2.05, 4.69) is 30.4 Å². The molecule has 0 amide bonds. The summed E-state index contributed by atoms with van der Waals surface area (Å²) in [6, 6.07) is 6.07. The minimum absolute atomic E-state index is 0.00597. The molecule has 1 aromatic heterocycles. The number of aromatic nitrogens is 1. The maximum Gasteiger partial charge on any atom is 0.0540 e. The Hall–Kier alpha value is 0.01000. The van der Waals surface area contributed by atoms with Gasteiger partial charge in [0.1, 0.15) is 0 Å². The summed E-state index contributed by atoms with van der Waals surface area (Å²) in [5, 5.41) is 0. The highest BCUT2D eigenvalue weighted by Gasteiger charge is 2.14. The van der Waals surface area contributed by atoms with E-state index >= 15 is 0 Å². The zero-order chi connectivity index (χ0) is 8.48. The van der Waals surface area contributed by atoms with E-state index in [1.54, 1.807) is 0 Å². The Bertz CT molecular complexity index is 253. The van der Waals surface area contributed by atoms with Gasteiger partial charge in [0.25, 0.3) is 0 Å². The summed E-state index contributed by atoms with van der Waals surface area (Å²) in [6.45, 7) is 4.11. The molecule has 0 saturated carbocycles. The molecule has 3 heteroatoms. The highest BCUT2D eigenvalue weighted by molar-refractivity contribution is 7.38. The van der Waals surface area contributed by atoms with Crippen LogP contribution in [0.1, 0.15) is 18.3 Å². The normalized spacial score (nSPS) is 11.6. The second-order valence-corrected chi connectivity index (χ2v) is 6.01. The average molecular weight is 185 g/mol. The van der Waals surface area contributed by atoms with Gasteiger partial charge in [-0.25, -0.2) is 0 Å². The fraction of sp³-hybridized carbons (Fsp3) is 0.375. The number of rotatable bonds is 1. The Morgan fingerprint density at radius 1 is 1.36 bits per heavy atom. The van der Waals surface area contributed by atoms with Gasteiger partial charge in [-0.05, 0) is 26.0 Å². The molecule has 1 nitrogen and oxygen atoms in total. The Morgan fingerprint density at radius 2 is 2.00 bits per heavy atom. The third-order valence-electron chi connectivity index (χ3n) is 1.44. The van der Waals surface area contributed by atoms with Crippen molar-refractivity contribution in [1.29, 1.82) is 0 Å². The maximum absolute atomic E-state index is 4.40. The van der Waals surface area contributed by atoms with Gasteiger partial charge in [-0.1, -0.05) is 6.07 Å². The van der Waals surface area contributed by atoms with Gasteiger partial charge in [0.05, 0.1) is 5.69 Å². The molecule has 0 spiro atoms. The fourth-order valence-electron chi connectivity index (χ4n) is 0.843. The van der Waals surface area contributed by atoms with Crippen molar-refractivity contribution in [2.45, 2.75) is 18.7 Å². The lowest BCUT2D eigenvalue weighted by atomic mass is 10.2. The van der Waals surface area contributed by atoms with Gasteiger partial charge < -0.3 is 0 Å². The molecule has 0 fully saturated rings. The molecular formula is C8H13NP2. The first-order valence-corrected chi connectivity index (χ1v) is 4.67. The Balaban J connectivity index is 3.06. The van der Waals surface area contributed by atoms with Crippen molar-refractivity contribution in [2.24, 2.45) is 0 Å². The SMILES string of the molecule is Cc1cccc(C(C)(P)P)n1. The summed E-state index contributed by atoms with van der Waals surface area (Å²) in [5.41, 5.74) is 2.16. The van der Waals surface area contributed by atoms with Crippen LogP contribution in [-0.2, 0) is 4.90 Å². The van der Waals surface area contributed by atoms with E-state index in [0.29, 0.717) is 0 Å². The summed E-state index contributed by atoms with van der Waals surface area (Å²) < 4.78 is 0. The van der Waals surface area contributed by atoms with Crippen molar-refractivity contribution in [3.63, 3.8) is 0 Å². The topological polar surface area (TPSA) is 12.9 Å². The van der Waals surface area contributed by atoms with Crippen LogP contribution in [0, 0.1) is 6.92 Å². The number of hydrogen-bond donors (Lipinski definition) is 0. The second-order valence-electron chi connectivity index (χ2n) is 2.95. The molecule has 1 aromatic rings. The zero-order valence-corrected chi connectivity index (χ0v) is 9.14. The average Bonchev–Trinajstić information content (AvgIpc) is 1.86. The predicted octanol–water partition coefficient (Wildman–Crippen LogP) is 2.31. The van der Waals surface area contributed by atoms with Crippen LogP contribution in [-0.4, -0.2) is 4.98 Å². The molecule has 0 saturated heterocycles. The van der Waals surface area contributed by atoms with Gasteiger partial charge >= 0.3 is 0 Å². The molecule has 0 bridgehead atoms. The van der Waals surface area contributed by atoms with Gasteiger partial charge in [-0.2, -0.15) is 0 Å². The number of pyridine rings is 1. The summed E-state index contributed by atoms with van der Waals surface area (Å²) in [5.74, 6) is 0. The molecular weight excluding hydrogens is 172 g/mol. The summed E-state index contributed by atoms with van der Waals surface area (Å²) in [4.78, 5) is 4.41. The summed E-state index contributed by atoms with van der Waals surface area (Å²) in [6.07, 6.45) is 0. The lowest BCUT2D eigenvalue weighted by molar-refractivity contribution is 0.925. The standard InChI is InChI=1S/C8H13NP2/c1-6-4-3-5-7(9-6)8(2,10)11/h3-5H,10-11H2,1-2H3. The van der Waals surface area contributed by atoms with Gasteiger partial charge in [0, 0.05) is 10.6 Å². The van der Waals surface area contributed by atoms with E-state index in [0.717, 1.165) is 11.4 Å². The van der Waals surface area contributed by atoms with Crippen LogP contribution >= 0.6 is 18.5 Å². The van der Waals surface area contributed by atoms with Crippen LogP contribution in [0.3, 0.4) is 0 Å². The third kappa shape index (κ3) is 2.51. The molecule has 0 aliphatic carbocycles. The van der Waals surface area contributed by atoms with Crippen LogP contribution in [0.5, 0.6) is 0 Å². The monoisotopic (exact) mass is 185 g/mol. The first kappa shape index (κ1) is 9.10. The molecule has 0 aliphatic heterocycles. The van der Waals surface area contributed by atoms with Gasteiger partial charge in [0.15, 0.2) is 0 Å². The molecule has 0 aromatic carbocycles. The van der Waals surface area contributed by atoms with Crippen molar-refractivity contribution < 1.29 is 0 Å². The largest absolute Gasteiger partial charge is 0.257 e. The van der Waals surface area contributed by atoms with Gasteiger partial charge in [0.2, 0.25) is 0 Å². The van der Waals surface area contributed by atoms with Crippen LogP contribution in [0.25, 0.3) is 0 Å². The summed E-state index contributed by atoms with van der Waals surface area (Å²) in [7, 11) is 5.51. The molecule has 11 heavy (non-hydrogen) atoms. The quantitative estimate of drug-likeness (QED) is 0.612. The van der Waals surface area contributed by atoms with Crippen molar-refractivity contribution in [1.82, 2.24) is 4.98 Å². The number of aryl methyl sites for hydroxylation is 1. The van der Waals surface area contributed by atoms with Crippen LogP contribution in [0.2, 0.25) is 0 Å². The molecule has 1 heterocycles. The molecule has 60 valence electrons. The van der Waals surface area contributed by atoms with Gasteiger partial charge in [-0.3, -0.25) is 4.98 Å². The van der Waals surface area contributed by atoms with E-state index in [1.165, 1.54) is 0 Å². The Labute approximate surface area is 72.4 Å². The van der Waals surface area contributed by atoms with E-state index < -0.39 is 0 Å². The Kier molecular flexibility index (Phi) is 2.62. The molecule has 1 rings (SSSR count). The highest BCUT2D eigenvalue weighted by Crippen LogP contribution is 2.36. The number of nitrogens with zero attached hydrogens (tertiary/aromatic N) is 1. The van der Waals surface area contributed by atoms with E-state index in [-0.39, 0.29) is 4.90 Å². The minimum Gasteiger partial charge on any atom is -0.257 e. The lowest BCUT2D eigenvalue weighted by Gasteiger charge is -2.17. The molecule has 2 unspecified atom stereocenters. The smallest absolute Gasteiger partial charge is 0.0540 e. The van der Waals surface area contributed by atoms with E-state index in [4.69, 9.17) is 0 Å². The minimum atomic E-state index is 0.00597. The van der Waals surface area contributed by atoms with Crippen molar-refractivity contribution in [3.05, 3.63) is 29.6 Å². The molecule has 2 atom stereocenters. The van der Waals surface area contributed by atoms with E-state index in [1.807, 2.05) is 25.1 Å². The molecule has 0 N–H and O–H groups in total. The van der Waals surface area contributed by atoms with Gasteiger partial charge in [-0.15, -0.1) is 18.5 Å². The van der Waals surface area contributed by atoms with Crippen LogP contribution < -0.4 is 0 Å². The fourth-order valence-corrected chi connectivity index (χ4v) is 1.16. The first-order valence-electron chi connectivity index (χ1n) is 3.52. The summed E-state index contributed by atoms with van der Waals surface area (Å²) >= 11 is 0. The predicted molar refractivity (Wildman–Crippen MR) is 55.7 cm³/mol.